The molecular weight excluding hydrogens is 327 g/mol. The number of hydrogen-bond donors (Lipinski definition) is 0. The van der Waals surface area contributed by atoms with Crippen molar-refractivity contribution in [2.45, 2.75) is 18.7 Å². The molecule has 1 heterocycles. The Labute approximate surface area is 117 Å². The second-order valence-corrected chi connectivity index (χ2v) is 5.25. The molecule has 0 aliphatic heterocycles. The van der Waals surface area contributed by atoms with E-state index in [1.54, 1.807) is 6.07 Å². The van der Waals surface area contributed by atoms with Gasteiger partial charge in [0.05, 0.1) is 10.4 Å². The zero-order valence-corrected chi connectivity index (χ0v) is 12.1. The molecule has 1 atom stereocenters. The minimum absolute atomic E-state index is 0.224. The van der Waals surface area contributed by atoms with Gasteiger partial charge in [0, 0.05) is 10.0 Å². The van der Waals surface area contributed by atoms with E-state index in [4.69, 9.17) is 27.7 Å². The number of halogens is 3. The Morgan fingerprint density at radius 2 is 2.24 bits per heavy atom. The topological polar surface area (TPSA) is 38.9 Å². The van der Waals surface area contributed by atoms with Gasteiger partial charge in [-0.15, -0.1) is 11.6 Å². The molecule has 0 spiro atoms. The zero-order chi connectivity index (χ0) is 12.4. The van der Waals surface area contributed by atoms with Crippen molar-refractivity contribution in [3.63, 3.8) is 0 Å². The fourth-order valence-electron chi connectivity index (χ4n) is 1.29. The van der Waals surface area contributed by atoms with Crippen LogP contribution in [0.1, 0.15) is 24.5 Å². The third-order valence-corrected chi connectivity index (χ3v) is 3.98. The molecule has 2 rings (SSSR count). The molecule has 0 N–H and O–H groups in total. The van der Waals surface area contributed by atoms with E-state index in [0.29, 0.717) is 16.7 Å². The van der Waals surface area contributed by atoms with Gasteiger partial charge in [-0.2, -0.15) is 4.98 Å². The van der Waals surface area contributed by atoms with Crippen LogP contribution in [0.3, 0.4) is 0 Å². The molecule has 0 bridgehead atoms. The molecule has 2 aromatic rings. The number of aromatic nitrogens is 2. The van der Waals surface area contributed by atoms with Crippen molar-refractivity contribution in [1.82, 2.24) is 10.1 Å². The van der Waals surface area contributed by atoms with Crippen molar-refractivity contribution in [3.05, 3.63) is 33.5 Å². The first-order chi connectivity index (χ1) is 8.11. The van der Waals surface area contributed by atoms with Crippen LogP contribution >= 0.6 is 39.1 Å². The first-order valence-electron chi connectivity index (χ1n) is 5.05. The molecule has 17 heavy (non-hydrogen) atoms. The molecule has 0 aliphatic rings. The Morgan fingerprint density at radius 3 is 2.88 bits per heavy atom. The lowest BCUT2D eigenvalue weighted by molar-refractivity contribution is 0.421. The summed E-state index contributed by atoms with van der Waals surface area (Å²) < 4.78 is 5.97. The molecule has 1 unspecified atom stereocenters. The number of alkyl halides is 1. The highest BCUT2D eigenvalue weighted by molar-refractivity contribution is 9.10. The lowest BCUT2D eigenvalue weighted by Crippen LogP contribution is -1.90. The summed E-state index contributed by atoms with van der Waals surface area (Å²) in [5, 5.41) is 4.22. The van der Waals surface area contributed by atoms with Crippen LogP contribution in [0, 0.1) is 0 Å². The molecule has 1 aromatic heterocycles. The molecule has 1 aromatic carbocycles. The molecule has 0 radical (unpaired) electrons. The summed E-state index contributed by atoms with van der Waals surface area (Å²) in [6, 6.07) is 5.44. The van der Waals surface area contributed by atoms with Crippen molar-refractivity contribution >= 4 is 39.1 Å². The predicted octanol–water partition coefficient (Wildman–Crippen LogP) is 4.84. The van der Waals surface area contributed by atoms with E-state index in [1.165, 1.54) is 0 Å². The van der Waals surface area contributed by atoms with E-state index in [9.17, 15) is 0 Å². The number of hydrogen-bond acceptors (Lipinski definition) is 3. The van der Waals surface area contributed by atoms with Gasteiger partial charge in [0.15, 0.2) is 5.82 Å². The quantitative estimate of drug-likeness (QED) is 0.753. The minimum Gasteiger partial charge on any atom is -0.334 e. The summed E-state index contributed by atoms with van der Waals surface area (Å²) in [6.45, 7) is 1.96. The van der Waals surface area contributed by atoms with Gasteiger partial charge >= 0.3 is 0 Å². The summed E-state index contributed by atoms with van der Waals surface area (Å²) in [6.07, 6.45) is 0.752. The Hall–Kier alpha value is -0.580. The van der Waals surface area contributed by atoms with Gasteiger partial charge in [0.25, 0.3) is 5.89 Å². The van der Waals surface area contributed by atoms with Crippen molar-refractivity contribution < 1.29 is 4.52 Å². The highest BCUT2D eigenvalue weighted by atomic mass is 79.9. The van der Waals surface area contributed by atoms with Gasteiger partial charge in [-0.1, -0.05) is 23.7 Å². The SMILES string of the molecule is CCC(Cl)c1noc(-c2ccc(Br)c(Cl)c2)n1. The van der Waals surface area contributed by atoms with E-state index in [1.807, 2.05) is 19.1 Å². The number of benzene rings is 1. The van der Waals surface area contributed by atoms with Gasteiger partial charge in [0.1, 0.15) is 0 Å². The maximum absolute atomic E-state index is 6.03. The minimum atomic E-state index is -0.224. The van der Waals surface area contributed by atoms with Crippen LogP contribution in [0.15, 0.2) is 27.2 Å². The van der Waals surface area contributed by atoms with Crippen molar-refractivity contribution in [2.75, 3.05) is 0 Å². The Balaban J connectivity index is 2.33. The van der Waals surface area contributed by atoms with E-state index < -0.39 is 0 Å². The maximum atomic E-state index is 6.03. The van der Waals surface area contributed by atoms with Gasteiger partial charge in [0.2, 0.25) is 0 Å². The summed E-state index contributed by atoms with van der Waals surface area (Å²) in [7, 11) is 0. The molecule has 0 saturated carbocycles. The first kappa shape index (κ1) is 12.9. The van der Waals surface area contributed by atoms with Crippen LogP contribution in [-0.4, -0.2) is 10.1 Å². The summed E-state index contributed by atoms with van der Waals surface area (Å²) in [5.41, 5.74) is 0.775. The largest absolute Gasteiger partial charge is 0.334 e. The summed E-state index contributed by atoms with van der Waals surface area (Å²) in [4.78, 5) is 4.24. The van der Waals surface area contributed by atoms with E-state index in [-0.39, 0.29) is 5.38 Å². The highest BCUT2D eigenvalue weighted by Crippen LogP contribution is 2.29. The fourth-order valence-corrected chi connectivity index (χ4v) is 1.81. The summed E-state index contributed by atoms with van der Waals surface area (Å²) in [5.74, 6) is 0.928. The fraction of sp³-hybridized carbons (Fsp3) is 0.273. The molecule has 90 valence electrons. The van der Waals surface area contributed by atoms with Gasteiger partial charge in [-0.3, -0.25) is 0 Å². The third kappa shape index (κ3) is 2.81. The van der Waals surface area contributed by atoms with Crippen molar-refractivity contribution in [1.29, 1.82) is 0 Å². The standard InChI is InChI=1S/C11H9BrCl2N2O/c1-2-8(13)10-15-11(17-16-10)6-3-4-7(12)9(14)5-6/h3-5,8H,2H2,1H3. The predicted molar refractivity (Wildman–Crippen MR) is 71.3 cm³/mol. The molecule has 0 amide bonds. The molecular formula is C11H9BrCl2N2O. The lowest BCUT2D eigenvalue weighted by atomic mass is 10.2. The average molecular weight is 336 g/mol. The van der Waals surface area contributed by atoms with Crippen LogP contribution in [0.4, 0.5) is 0 Å². The van der Waals surface area contributed by atoms with E-state index >= 15 is 0 Å². The highest BCUT2D eigenvalue weighted by Gasteiger charge is 2.15. The van der Waals surface area contributed by atoms with E-state index in [0.717, 1.165) is 16.5 Å². The van der Waals surface area contributed by atoms with Crippen LogP contribution < -0.4 is 0 Å². The zero-order valence-electron chi connectivity index (χ0n) is 8.95. The van der Waals surface area contributed by atoms with Gasteiger partial charge in [-0.25, -0.2) is 0 Å². The lowest BCUT2D eigenvalue weighted by Gasteiger charge is -1.98. The number of rotatable bonds is 3. The normalized spacial score (nSPS) is 12.7. The number of nitrogens with zero attached hydrogens (tertiary/aromatic N) is 2. The van der Waals surface area contributed by atoms with Gasteiger partial charge in [-0.05, 0) is 40.5 Å². The summed E-state index contributed by atoms with van der Waals surface area (Å²) >= 11 is 15.3. The molecule has 3 nitrogen and oxygen atoms in total. The van der Waals surface area contributed by atoms with E-state index in [2.05, 4.69) is 26.1 Å². The third-order valence-electron chi connectivity index (χ3n) is 2.25. The van der Waals surface area contributed by atoms with Crippen molar-refractivity contribution in [2.24, 2.45) is 0 Å². The van der Waals surface area contributed by atoms with Crippen molar-refractivity contribution in [3.8, 4) is 11.5 Å². The Kier molecular flexibility index (Phi) is 4.07. The van der Waals surface area contributed by atoms with Gasteiger partial charge < -0.3 is 4.52 Å². The average Bonchev–Trinajstić information content (AvgIpc) is 2.81. The monoisotopic (exact) mass is 334 g/mol. The maximum Gasteiger partial charge on any atom is 0.258 e. The second-order valence-electron chi connectivity index (χ2n) is 3.46. The van der Waals surface area contributed by atoms with Crippen LogP contribution in [-0.2, 0) is 0 Å². The molecule has 0 aliphatic carbocycles. The van der Waals surface area contributed by atoms with Crippen LogP contribution in [0.5, 0.6) is 0 Å². The van der Waals surface area contributed by atoms with Crippen LogP contribution in [0.2, 0.25) is 5.02 Å². The molecule has 6 heteroatoms. The second kappa shape index (κ2) is 5.38. The Morgan fingerprint density at radius 1 is 1.47 bits per heavy atom. The first-order valence-corrected chi connectivity index (χ1v) is 6.65. The molecule has 0 saturated heterocycles. The smallest absolute Gasteiger partial charge is 0.258 e. The molecule has 0 fully saturated rings. The Bertz CT molecular complexity index is 530. The van der Waals surface area contributed by atoms with Crippen LogP contribution in [0.25, 0.3) is 11.5 Å².